The van der Waals surface area contributed by atoms with E-state index in [2.05, 4.69) is 20.8 Å². The third-order valence-corrected chi connectivity index (χ3v) is 3.53. The smallest absolute Gasteiger partial charge is 0.251 e. The van der Waals surface area contributed by atoms with Crippen molar-refractivity contribution in [1.82, 2.24) is 20.8 Å². The zero-order chi connectivity index (χ0) is 15.4. The topological polar surface area (TPSA) is 97.1 Å². The van der Waals surface area contributed by atoms with Crippen LogP contribution >= 0.6 is 0 Å². The minimum Gasteiger partial charge on any atom is -0.356 e. The Morgan fingerprint density at radius 1 is 1.36 bits per heavy atom. The molecule has 114 valence electrons. The number of nitrogens with zero attached hydrogens (tertiary/aromatic N) is 2. The summed E-state index contributed by atoms with van der Waals surface area (Å²) in [4.78, 5) is 27.5. The van der Waals surface area contributed by atoms with Crippen LogP contribution < -0.4 is 10.6 Å². The molecule has 1 fully saturated rings. The molecule has 7 heteroatoms. The Bertz CT molecular complexity index is 668. The Morgan fingerprint density at radius 3 is 2.95 bits per heavy atom. The minimum atomic E-state index is -0.197. The van der Waals surface area contributed by atoms with Crippen LogP contribution in [0.4, 0.5) is 0 Å². The summed E-state index contributed by atoms with van der Waals surface area (Å²) in [5.74, 6) is 0.650. The van der Waals surface area contributed by atoms with E-state index in [0.29, 0.717) is 30.2 Å². The van der Waals surface area contributed by atoms with Gasteiger partial charge in [-0.3, -0.25) is 9.59 Å². The molecule has 2 amide bonds. The first-order valence-corrected chi connectivity index (χ1v) is 7.15. The van der Waals surface area contributed by atoms with Crippen molar-refractivity contribution < 1.29 is 14.1 Å². The second-order valence-electron chi connectivity index (χ2n) is 5.13. The Morgan fingerprint density at radius 2 is 2.18 bits per heavy atom. The van der Waals surface area contributed by atoms with Crippen molar-refractivity contribution in [1.29, 1.82) is 0 Å². The van der Waals surface area contributed by atoms with Gasteiger partial charge < -0.3 is 15.2 Å². The van der Waals surface area contributed by atoms with Gasteiger partial charge in [-0.1, -0.05) is 23.4 Å². The molecule has 2 N–H and O–H groups in total. The number of benzene rings is 1. The lowest BCUT2D eigenvalue weighted by Gasteiger charge is -2.18. The van der Waals surface area contributed by atoms with E-state index in [4.69, 9.17) is 4.52 Å². The van der Waals surface area contributed by atoms with Crippen molar-refractivity contribution in [3.8, 4) is 0 Å². The Labute approximate surface area is 127 Å². The van der Waals surface area contributed by atoms with Gasteiger partial charge in [-0.2, -0.15) is 4.98 Å². The molecule has 1 aliphatic rings. The molecule has 1 aromatic heterocycles. The van der Waals surface area contributed by atoms with E-state index in [1.165, 1.54) is 0 Å². The van der Waals surface area contributed by atoms with Crippen molar-refractivity contribution in [3.63, 3.8) is 0 Å². The monoisotopic (exact) mass is 300 g/mol. The van der Waals surface area contributed by atoms with Crippen LogP contribution in [-0.2, 0) is 11.3 Å². The molecule has 22 heavy (non-hydrogen) atoms. The third kappa shape index (κ3) is 3.30. The second-order valence-corrected chi connectivity index (χ2v) is 5.13. The summed E-state index contributed by atoms with van der Waals surface area (Å²) >= 11 is 0. The molecule has 0 saturated carbocycles. The zero-order valence-electron chi connectivity index (χ0n) is 11.9. The molecule has 3 rings (SSSR count). The van der Waals surface area contributed by atoms with Crippen molar-refractivity contribution >= 4 is 11.8 Å². The lowest BCUT2D eigenvalue weighted by molar-refractivity contribution is -0.122. The summed E-state index contributed by atoms with van der Waals surface area (Å²) in [6, 6.07) is 8.91. The number of aromatic nitrogens is 2. The first-order valence-electron chi connectivity index (χ1n) is 7.15. The highest BCUT2D eigenvalue weighted by atomic mass is 16.5. The summed E-state index contributed by atoms with van der Waals surface area (Å²) in [6.45, 7) is 0.789. The van der Waals surface area contributed by atoms with Crippen LogP contribution in [0.1, 0.15) is 40.8 Å². The summed E-state index contributed by atoms with van der Waals surface area (Å²) in [5.41, 5.74) is 0.575. The van der Waals surface area contributed by atoms with Crippen molar-refractivity contribution in [3.05, 3.63) is 47.6 Å². The lowest BCUT2D eigenvalue weighted by Crippen LogP contribution is -2.32. The Balaban J connectivity index is 1.58. The molecule has 0 spiro atoms. The fourth-order valence-electron chi connectivity index (χ4n) is 2.36. The molecule has 1 aliphatic heterocycles. The van der Waals surface area contributed by atoms with Gasteiger partial charge in [0.2, 0.25) is 11.8 Å². The highest BCUT2D eigenvalue weighted by Gasteiger charge is 2.25. The maximum atomic E-state index is 11.9. The Kier molecular flexibility index (Phi) is 4.13. The number of hydrogen-bond donors (Lipinski definition) is 2. The van der Waals surface area contributed by atoms with Crippen LogP contribution in [-0.4, -0.2) is 28.5 Å². The van der Waals surface area contributed by atoms with Gasteiger partial charge in [-0.25, -0.2) is 0 Å². The molecular formula is C15H16N4O3. The van der Waals surface area contributed by atoms with Crippen molar-refractivity contribution in [2.24, 2.45) is 0 Å². The quantitative estimate of drug-likeness (QED) is 0.877. The third-order valence-electron chi connectivity index (χ3n) is 3.53. The number of hydrogen-bond acceptors (Lipinski definition) is 5. The predicted octanol–water partition coefficient (Wildman–Crippen LogP) is 0.993. The van der Waals surface area contributed by atoms with Gasteiger partial charge >= 0.3 is 0 Å². The van der Waals surface area contributed by atoms with E-state index in [1.807, 2.05) is 6.07 Å². The summed E-state index contributed by atoms with van der Waals surface area (Å²) < 4.78 is 5.13. The molecule has 2 heterocycles. The molecule has 1 atom stereocenters. The van der Waals surface area contributed by atoms with E-state index < -0.39 is 0 Å². The molecule has 0 bridgehead atoms. The van der Waals surface area contributed by atoms with Gasteiger partial charge in [0, 0.05) is 24.4 Å². The second kappa shape index (κ2) is 6.38. The fourth-order valence-corrected chi connectivity index (χ4v) is 2.36. The highest BCUT2D eigenvalue weighted by Crippen LogP contribution is 2.22. The number of rotatable bonds is 4. The van der Waals surface area contributed by atoms with Crippen molar-refractivity contribution in [2.75, 3.05) is 6.54 Å². The number of piperidine rings is 1. The van der Waals surface area contributed by atoms with E-state index in [-0.39, 0.29) is 24.3 Å². The van der Waals surface area contributed by atoms with Crippen molar-refractivity contribution in [2.45, 2.75) is 25.3 Å². The number of carbonyl (C=O) groups excluding carboxylic acids is 2. The SMILES string of the molecule is O=C1CC(c2noc(CNC(=O)c3ccccc3)n2)CCN1. The number of carbonyl (C=O) groups is 2. The first-order chi connectivity index (χ1) is 10.7. The highest BCUT2D eigenvalue weighted by molar-refractivity contribution is 5.93. The van der Waals surface area contributed by atoms with E-state index in [1.54, 1.807) is 24.3 Å². The summed E-state index contributed by atoms with van der Waals surface area (Å²) in [5, 5.41) is 9.40. The number of nitrogens with one attached hydrogen (secondary N) is 2. The van der Waals surface area contributed by atoms with Crippen LogP contribution in [0, 0.1) is 0 Å². The molecule has 7 nitrogen and oxygen atoms in total. The van der Waals surface area contributed by atoms with E-state index in [0.717, 1.165) is 6.42 Å². The normalized spacial score (nSPS) is 17.8. The maximum absolute atomic E-state index is 11.9. The van der Waals surface area contributed by atoms with Crippen LogP contribution in [0.5, 0.6) is 0 Å². The molecule has 2 aromatic rings. The fraction of sp³-hybridized carbons (Fsp3) is 0.333. The van der Waals surface area contributed by atoms with Gasteiger partial charge in [-0.05, 0) is 18.6 Å². The first kappa shape index (κ1) is 14.2. The molecule has 0 radical (unpaired) electrons. The summed E-state index contributed by atoms with van der Waals surface area (Å²) in [7, 11) is 0. The van der Waals surface area contributed by atoms with Crippen LogP contribution in [0.3, 0.4) is 0 Å². The van der Waals surface area contributed by atoms with Gasteiger partial charge in [-0.15, -0.1) is 0 Å². The van der Waals surface area contributed by atoms with E-state index >= 15 is 0 Å². The maximum Gasteiger partial charge on any atom is 0.251 e. The molecule has 1 unspecified atom stereocenters. The van der Waals surface area contributed by atoms with Gasteiger partial charge in [0.05, 0.1) is 6.54 Å². The standard InChI is InChI=1S/C15H16N4O3/c20-12-8-11(6-7-16-12)14-18-13(22-19-14)9-17-15(21)10-4-2-1-3-5-10/h1-5,11H,6-9H2,(H,16,20)(H,17,21). The minimum absolute atomic E-state index is 0.0000182. The van der Waals surface area contributed by atoms with Crippen LogP contribution in [0.25, 0.3) is 0 Å². The number of amides is 2. The predicted molar refractivity (Wildman–Crippen MR) is 76.9 cm³/mol. The molecule has 1 aromatic carbocycles. The lowest BCUT2D eigenvalue weighted by atomic mass is 9.97. The molecule has 0 aliphatic carbocycles. The average Bonchev–Trinajstić information content (AvgIpc) is 3.02. The van der Waals surface area contributed by atoms with Crippen LogP contribution in [0.2, 0.25) is 0 Å². The molecular weight excluding hydrogens is 284 g/mol. The average molecular weight is 300 g/mol. The van der Waals surface area contributed by atoms with Gasteiger partial charge in [0.15, 0.2) is 5.82 Å². The largest absolute Gasteiger partial charge is 0.356 e. The zero-order valence-corrected chi connectivity index (χ0v) is 11.9. The Hall–Kier alpha value is -2.70. The summed E-state index contributed by atoms with van der Waals surface area (Å²) in [6.07, 6.45) is 1.16. The van der Waals surface area contributed by atoms with Crippen LogP contribution in [0.15, 0.2) is 34.9 Å². The molecule has 1 saturated heterocycles. The van der Waals surface area contributed by atoms with Gasteiger partial charge in [0.1, 0.15) is 0 Å². The van der Waals surface area contributed by atoms with Gasteiger partial charge in [0.25, 0.3) is 5.91 Å². The van der Waals surface area contributed by atoms with E-state index in [9.17, 15) is 9.59 Å².